The van der Waals surface area contributed by atoms with Gasteiger partial charge in [0.15, 0.2) is 0 Å². The molecule has 0 bridgehead atoms. The summed E-state index contributed by atoms with van der Waals surface area (Å²) in [5.74, 6) is -0.676. The summed E-state index contributed by atoms with van der Waals surface area (Å²) in [7, 11) is 0. The first kappa shape index (κ1) is 23.4. The Labute approximate surface area is 166 Å². The quantitative estimate of drug-likeness (QED) is 0.453. The monoisotopic (exact) mass is 393 g/mol. The van der Waals surface area contributed by atoms with Crippen molar-refractivity contribution in [2.45, 2.75) is 52.3 Å². The molecule has 28 heavy (non-hydrogen) atoms. The number of hydrogen-bond donors (Lipinski definition) is 4. The molecule has 0 aromatic heterocycles. The van der Waals surface area contributed by atoms with E-state index in [-0.39, 0.29) is 31.6 Å². The smallest absolute Gasteiger partial charge is 0.408 e. The Kier molecular flexibility index (Phi) is 10.6. The summed E-state index contributed by atoms with van der Waals surface area (Å²) in [6.45, 7) is 5.67. The van der Waals surface area contributed by atoms with Crippen LogP contribution < -0.4 is 16.0 Å². The van der Waals surface area contributed by atoms with Crippen LogP contribution in [0.3, 0.4) is 0 Å². The van der Waals surface area contributed by atoms with Gasteiger partial charge in [0.2, 0.25) is 11.8 Å². The first-order valence-electron chi connectivity index (χ1n) is 9.53. The van der Waals surface area contributed by atoms with Crippen molar-refractivity contribution in [3.05, 3.63) is 35.9 Å². The summed E-state index contributed by atoms with van der Waals surface area (Å²) < 4.78 is 5.19. The number of benzene rings is 1. The summed E-state index contributed by atoms with van der Waals surface area (Å²) in [5, 5.41) is 16.6. The zero-order valence-electron chi connectivity index (χ0n) is 16.7. The van der Waals surface area contributed by atoms with Crippen LogP contribution in [0.4, 0.5) is 4.79 Å². The molecular weight excluding hydrogens is 362 g/mol. The van der Waals surface area contributed by atoms with Gasteiger partial charge < -0.3 is 25.8 Å². The average molecular weight is 393 g/mol. The highest BCUT2D eigenvalue weighted by atomic mass is 16.5. The fourth-order valence-corrected chi connectivity index (χ4v) is 2.54. The Morgan fingerprint density at radius 1 is 1.04 bits per heavy atom. The lowest BCUT2D eigenvalue weighted by Crippen LogP contribution is -2.54. The molecule has 156 valence electrons. The zero-order valence-corrected chi connectivity index (χ0v) is 16.7. The molecule has 3 amide bonds. The third-order valence-corrected chi connectivity index (χ3v) is 3.98. The number of nitrogens with one attached hydrogen (secondary N) is 3. The zero-order chi connectivity index (χ0) is 20.9. The lowest BCUT2D eigenvalue weighted by atomic mass is 10.0. The van der Waals surface area contributed by atoms with Gasteiger partial charge in [-0.05, 0) is 24.3 Å². The second-order valence-corrected chi connectivity index (χ2v) is 6.87. The SMILES string of the molecule is CC[C@H](NC(=O)[C@H](CC(C)C)NC(=O)OCc1ccccc1)C(=O)NCCO. The second-order valence-electron chi connectivity index (χ2n) is 6.87. The molecular formula is C20H31N3O5. The predicted molar refractivity (Wildman–Crippen MR) is 105 cm³/mol. The molecule has 0 saturated carbocycles. The number of aliphatic hydroxyl groups is 1. The van der Waals surface area contributed by atoms with Crippen LogP contribution in [0, 0.1) is 5.92 Å². The lowest BCUT2D eigenvalue weighted by molar-refractivity contribution is -0.130. The van der Waals surface area contributed by atoms with E-state index in [0.717, 1.165) is 5.56 Å². The number of ether oxygens (including phenoxy) is 1. The molecule has 0 aliphatic heterocycles. The van der Waals surface area contributed by atoms with Gasteiger partial charge in [0.1, 0.15) is 18.7 Å². The molecule has 1 aromatic carbocycles. The molecule has 0 aliphatic rings. The van der Waals surface area contributed by atoms with Crippen molar-refractivity contribution in [3.8, 4) is 0 Å². The predicted octanol–water partition coefficient (Wildman–Crippen LogP) is 1.33. The molecule has 0 radical (unpaired) electrons. The number of rotatable bonds is 11. The molecule has 0 unspecified atom stereocenters. The Morgan fingerprint density at radius 2 is 1.71 bits per heavy atom. The number of carbonyl (C=O) groups is 3. The summed E-state index contributed by atoms with van der Waals surface area (Å²) in [6.07, 6.45) is 0.0963. The molecule has 1 rings (SSSR count). The van der Waals surface area contributed by atoms with Gasteiger partial charge in [-0.15, -0.1) is 0 Å². The molecule has 0 spiro atoms. The van der Waals surface area contributed by atoms with E-state index in [1.807, 2.05) is 44.2 Å². The van der Waals surface area contributed by atoms with Crippen molar-refractivity contribution in [3.63, 3.8) is 0 Å². The van der Waals surface area contributed by atoms with Crippen LogP contribution in [-0.4, -0.2) is 48.2 Å². The van der Waals surface area contributed by atoms with Crippen molar-refractivity contribution >= 4 is 17.9 Å². The maximum absolute atomic E-state index is 12.6. The number of carbonyl (C=O) groups excluding carboxylic acids is 3. The Hall–Kier alpha value is -2.61. The van der Waals surface area contributed by atoms with Crippen molar-refractivity contribution in [2.75, 3.05) is 13.2 Å². The maximum Gasteiger partial charge on any atom is 0.408 e. The Morgan fingerprint density at radius 3 is 2.29 bits per heavy atom. The fraction of sp³-hybridized carbons (Fsp3) is 0.550. The normalized spacial score (nSPS) is 12.8. The number of alkyl carbamates (subject to hydrolysis) is 1. The van der Waals surface area contributed by atoms with E-state index < -0.39 is 24.1 Å². The van der Waals surface area contributed by atoms with E-state index in [2.05, 4.69) is 16.0 Å². The van der Waals surface area contributed by atoms with Crippen molar-refractivity contribution in [1.82, 2.24) is 16.0 Å². The molecule has 1 aromatic rings. The van der Waals surface area contributed by atoms with Crippen LogP contribution in [0.25, 0.3) is 0 Å². The third kappa shape index (κ3) is 8.85. The maximum atomic E-state index is 12.6. The van der Waals surface area contributed by atoms with E-state index in [4.69, 9.17) is 9.84 Å². The second kappa shape index (κ2) is 12.7. The largest absolute Gasteiger partial charge is 0.445 e. The number of amides is 3. The average Bonchev–Trinajstić information content (AvgIpc) is 2.68. The molecule has 4 N–H and O–H groups in total. The summed E-state index contributed by atoms with van der Waals surface area (Å²) in [4.78, 5) is 36.8. The van der Waals surface area contributed by atoms with Crippen molar-refractivity contribution in [2.24, 2.45) is 5.92 Å². The van der Waals surface area contributed by atoms with Crippen molar-refractivity contribution in [1.29, 1.82) is 0 Å². The first-order valence-corrected chi connectivity index (χ1v) is 9.53. The van der Waals surface area contributed by atoms with E-state index in [1.165, 1.54) is 0 Å². The molecule has 8 nitrogen and oxygen atoms in total. The Balaban J connectivity index is 2.65. The van der Waals surface area contributed by atoms with E-state index in [1.54, 1.807) is 6.92 Å². The minimum atomic E-state index is -0.817. The van der Waals surface area contributed by atoms with E-state index in [0.29, 0.717) is 12.8 Å². The number of hydrogen-bond acceptors (Lipinski definition) is 5. The summed E-state index contributed by atoms with van der Waals surface area (Å²) in [5.41, 5.74) is 0.842. The van der Waals surface area contributed by atoms with Crippen molar-refractivity contribution < 1.29 is 24.2 Å². The summed E-state index contributed by atoms with van der Waals surface area (Å²) >= 11 is 0. The minimum absolute atomic E-state index is 0.101. The van der Waals surface area contributed by atoms with E-state index in [9.17, 15) is 14.4 Å². The molecule has 0 saturated heterocycles. The minimum Gasteiger partial charge on any atom is -0.445 e. The molecule has 0 fully saturated rings. The highest BCUT2D eigenvalue weighted by Crippen LogP contribution is 2.07. The van der Waals surface area contributed by atoms with Gasteiger partial charge >= 0.3 is 6.09 Å². The Bertz CT molecular complexity index is 622. The highest BCUT2D eigenvalue weighted by molar-refractivity contribution is 5.91. The van der Waals surface area contributed by atoms with Crippen LogP contribution in [-0.2, 0) is 20.9 Å². The number of aliphatic hydroxyl groups excluding tert-OH is 1. The van der Waals surface area contributed by atoms with Crippen LogP contribution in [0.1, 0.15) is 39.2 Å². The van der Waals surface area contributed by atoms with Gasteiger partial charge in [-0.25, -0.2) is 4.79 Å². The lowest BCUT2D eigenvalue weighted by Gasteiger charge is -2.23. The van der Waals surface area contributed by atoms with Gasteiger partial charge in [0, 0.05) is 6.54 Å². The van der Waals surface area contributed by atoms with Gasteiger partial charge in [-0.1, -0.05) is 51.1 Å². The molecule has 0 aliphatic carbocycles. The van der Waals surface area contributed by atoms with Crippen LogP contribution in [0.2, 0.25) is 0 Å². The van der Waals surface area contributed by atoms with Gasteiger partial charge in [0.05, 0.1) is 6.61 Å². The third-order valence-electron chi connectivity index (χ3n) is 3.98. The fourth-order valence-electron chi connectivity index (χ4n) is 2.54. The molecule has 2 atom stereocenters. The standard InChI is InChI=1S/C20H31N3O5/c1-4-16(18(25)21-10-11-24)22-19(26)17(12-14(2)3)23-20(27)28-13-15-8-6-5-7-9-15/h5-9,14,16-17,24H,4,10-13H2,1-3H3,(H,21,25)(H,22,26)(H,23,27)/t16-,17-/m0/s1. The van der Waals surface area contributed by atoms with Crippen LogP contribution in [0.15, 0.2) is 30.3 Å². The highest BCUT2D eigenvalue weighted by Gasteiger charge is 2.26. The van der Waals surface area contributed by atoms with Gasteiger partial charge in [-0.2, -0.15) is 0 Å². The summed E-state index contributed by atoms with van der Waals surface area (Å²) in [6, 6.07) is 7.67. The topological polar surface area (TPSA) is 117 Å². The van der Waals surface area contributed by atoms with Gasteiger partial charge in [0.25, 0.3) is 0 Å². The molecule has 8 heteroatoms. The first-order chi connectivity index (χ1) is 13.4. The molecule has 0 heterocycles. The van der Waals surface area contributed by atoms with E-state index >= 15 is 0 Å². The van der Waals surface area contributed by atoms with Crippen LogP contribution in [0.5, 0.6) is 0 Å². The van der Waals surface area contributed by atoms with Crippen LogP contribution >= 0.6 is 0 Å². The van der Waals surface area contributed by atoms with Gasteiger partial charge in [-0.3, -0.25) is 9.59 Å².